The normalized spacial score (nSPS) is 28.4. The molecule has 1 heterocycles. The van der Waals surface area contributed by atoms with Crippen molar-refractivity contribution in [2.24, 2.45) is 22.9 Å². The summed E-state index contributed by atoms with van der Waals surface area (Å²) in [4.78, 5) is 6.10. The van der Waals surface area contributed by atoms with Crippen molar-refractivity contribution in [3.05, 3.63) is 60.7 Å². The van der Waals surface area contributed by atoms with Gasteiger partial charge in [0.25, 0.3) is 0 Å². The third-order valence-electron chi connectivity index (χ3n) is 8.79. The molecule has 1 fully saturated rings. The van der Waals surface area contributed by atoms with Crippen LogP contribution in [0.25, 0.3) is 0 Å². The molecule has 0 bridgehead atoms. The highest BCUT2D eigenvalue weighted by Crippen LogP contribution is 2.62. The zero-order valence-electron chi connectivity index (χ0n) is 27.1. The lowest BCUT2D eigenvalue weighted by molar-refractivity contribution is -0.223. The van der Waals surface area contributed by atoms with E-state index < -0.39 is 11.4 Å². The molecule has 1 aromatic rings. The Hall–Kier alpha value is -2.26. The van der Waals surface area contributed by atoms with Gasteiger partial charge in [-0.2, -0.15) is 11.8 Å². The monoisotopic (exact) mass is 627 g/mol. The van der Waals surface area contributed by atoms with Crippen molar-refractivity contribution in [3.8, 4) is 11.5 Å². The van der Waals surface area contributed by atoms with Gasteiger partial charge in [0.1, 0.15) is 23.7 Å². The fraction of sp³-hybridized carbons (Fsp3) is 0.639. The molecule has 0 amide bonds. The maximum Gasteiger partial charge on any atom is 0.230 e. The Morgan fingerprint density at radius 3 is 2.45 bits per heavy atom. The summed E-state index contributed by atoms with van der Waals surface area (Å²) < 4.78 is 20.0. The van der Waals surface area contributed by atoms with Gasteiger partial charge in [-0.3, -0.25) is 0 Å². The van der Waals surface area contributed by atoms with E-state index >= 15 is 0 Å². The zero-order chi connectivity index (χ0) is 31.7. The second kappa shape index (κ2) is 15.8. The molecule has 8 heteroatoms. The minimum absolute atomic E-state index is 0.0201. The lowest BCUT2D eigenvalue weighted by Crippen LogP contribution is -2.64. The van der Waals surface area contributed by atoms with Crippen molar-refractivity contribution >= 4 is 17.5 Å². The first-order valence-electron chi connectivity index (χ1n) is 16.3. The molecule has 0 radical (unpaired) electrons. The molecular weight excluding hydrogens is 574 g/mol. The SMILES string of the molecule is C=CCOc1ccc2c(c1)[C@H]1[C@H](CCCCO)[C@@H](CCCCO)C=C3C(=NOC(C)(C)C)C[C@H](SCC)[C@@](OCC=C)(O2)[C@H]31. The number of hydrogen-bond acceptors (Lipinski definition) is 8. The number of hydrogen-bond donors (Lipinski definition) is 2. The summed E-state index contributed by atoms with van der Waals surface area (Å²) in [7, 11) is 0. The van der Waals surface area contributed by atoms with Gasteiger partial charge >= 0.3 is 0 Å². The third kappa shape index (κ3) is 7.75. The number of oxime groups is 1. The molecule has 0 unspecified atom stereocenters. The first-order chi connectivity index (χ1) is 21.2. The average molecular weight is 628 g/mol. The lowest BCUT2D eigenvalue weighted by Gasteiger charge is -2.58. The van der Waals surface area contributed by atoms with Crippen molar-refractivity contribution < 1.29 is 29.3 Å². The highest BCUT2D eigenvalue weighted by Gasteiger charge is 2.63. The van der Waals surface area contributed by atoms with E-state index in [0.29, 0.717) is 19.6 Å². The molecule has 7 nitrogen and oxygen atoms in total. The van der Waals surface area contributed by atoms with Gasteiger partial charge in [0.15, 0.2) is 0 Å². The predicted molar refractivity (Wildman–Crippen MR) is 180 cm³/mol. The second-order valence-electron chi connectivity index (χ2n) is 13.0. The molecule has 1 aromatic carbocycles. The van der Waals surface area contributed by atoms with Crippen molar-refractivity contribution in [1.29, 1.82) is 0 Å². The summed E-state index contributed by atoms with van der Waals surface area (Å²) in [5, 5.41) is 24.2. The quantitative estimate of drug-likeness (QED) is 0.105. The van der Waals surface area contributed by atoms with Gasteiger partial charge < -0.3 is 29.3 Å². The molecule has 1 saturated carbocycles. The Labute approximate surface area is 268 Å². The van der Waals surface area contributed by atoms with E-state index in [1.807, 2.05) is 44.7 Å². The summed E-state index contributed by atoms with van der Waals surface area (Å²) in [6, 6.07) is 6.15. The first-order valence-corrected chi connectivity index (χ1v) is 17.4. The number of benzene rings is 1. The average Bonchev–Trinajstić information content (AvgIpc) is 3.00. The van der Waals surface area contributed by atoms with E-state index in [4.69, 9.17) is 24.2 Å². The second-order valence-corrected chi connectivity index (χ2v) is 14.5. The smallest absolute Gasteiger partial charge is 0.230 e. The standard InChI is InChI=1S/C36H53NO6S/c1-7-20-40-26-16-17-31-29(23-26)33-27(15-11-13-19-39)25(14-10-12-18-38)22-28-30(37-43-35(4,5)6)24-32(44-9-3)36(42-31,34(28)33)41-21-8-2/h7-8,16-17,22-23,25,27,32-34,38-39H,1-2,9-15,18-21,24H2,3-6H3/t25-,27+,32-,33+,34+,36+/m0/s1. The number of thioether (sulfide) groups is 1. The van der Waals surface area contributed by atoms with E-state index in [0.717, 1.165) is 72.6 Å². The van der Waals surface area contributed by atoms with Gasteiger partial charge in [0.2, 0.25) is 5.79 Å². The summed E-state index contributed by atoms with van der Waals surface area (Å²) >= 11 is 1.85. The topological polar surface area (TPSA) is 89.7 Å². The molecule has 1 aliphatic heterocycles. The van der Waals surface area contributed by atoms with E-state index in [9.17, 15) is 10.2 Å². The van der Waals surface area contributed by atoms with Crippen LogP contribution in [0.15, 0.2) is 60.3 Å². The number of rotatable bonds is 17. The maximum atomic E-state index is 9.72. The van der Waals surface area contributed by atoms with E-state index in [1.54, 1.807) is 12.2 Å². The minimum atomic E-state index is -0.923. The highest BCUT2D eigenvalue weighted by molar-refractivity contribution is 8.00. The molecule has 0 spiro atoms. The maximum absolute atomic E-state index is 9.72. The number of nitrogens with zero attached hydrogens (tertiary/aromatic N) is 1. The highest BCUT2D eigenvalue weighted by atomic mass is 32.2. The van der Waals surface area contributed by atoms with Gasteiger partial charge in [0.05, 0.1) is 23.5 Å². The summed E-state index contributed by atoms with van der Waals surface area (Å²) in [6.07, 6.45) is 12.0. The molecule has 2 N–H and O–H groups in total. The van der Waals surface area contributed by atoms with Gasteiger partial charge in [-0.05, 0) is 87.8 Å². The Morgan fingerprint density at radius 2 is 1.80 bits per heavy atom. The molecular formula is C36H53NO6S. The predicted octanol–water partition coefficient (Wildman–Crippen LogP) is 7.44. The molecule has 4 rings (SSSR count). The molecule has 6 atom stereocenters. The Kier molecular flexibility index (Phi) is 12.5. The number of allylic oxidation sites excluding steroid dienone is 1. The number of aliphatic hydroxyl groups excluding tert-OH is 2. The number of fused-ring (bicyclic) bond motifs is 2. The molecule has 44 heavy (non-hydrogen) atoms. The van der Waals surface area contributed by atoms with Crippen molar-refractivity contribution in [2.75, 3.05) is 32.2 Å². The van der Waals surface area contributed by atoms with E-state index in [1.165, 1.54) is 0 Å². The summed E-state index contributed by atoms with van der Waals surface area (Å²) in [5.41, 5.74) is 2.81. The van der Waals surface area contributed by atoms with Crippen LogP contribution in [0, 0.1) is 17.8 Å². The van der Waals surface area contributed by atoms with Crippen LogP contribution >= 0.6 is 11.8 Å². The minimum Gasteiger partial charge on any atom is -0.490 e. The van der Waals surface area contributed by atoms with Crippen LogP contribution in [-0.2, 0) is 9.57 Å². The largest absolute Gasteiger partial charge is 0.490 e. The fourth-order valence-corrected chi connectivity index (χ4v) is 8.29. The van der Waals surface area contributed by atoms with E-state index in [-0.39, 0.29) is 42.1 Å². The first kappa shape index (κ1) is 34.6. The zero-order valence-corrected chi connectivity index (χ0v) is 27.9. The van der Waals surface area contributed by atoms with Crippen molar-refractivity contribution in [2.45, 2.75) is 95.2 Å². The van der Waals surface area contributed by atoms with Crippen molar-refractivity contribution in [3.63, 3.8) is 0 Å². The fourth-order valence-electron chi connectivity index (χ4n) is 7.11. The van der Waals surface area contributed by atoms with Gasteiger partial charge in [0, 0.05) is 31.1 Å². The van der Waals surface area contributed by atoms with Crippen molar-refractivity contribution in [1.82, 2.24) is 0 Å². The molecule has 0 aromatic heterocycles. The summed E-state index contributed by atoms with van der Waals surface area (Å²) in [5.74, 6) is 2.06. The molecule has 0 saturated heterocycles. The van der Waals surface area contributed by atoms with Gasteiger partial charge in [-0.15, -0.1) is 6.58 Å². The van der Waals surface area contributed by atoms with Gasteiger partial charge in [-0.25, -0.2) is 0 Å². The summed E-state index contributed by atoms with van der Waals surface area (Å²) in [6.45, 7) is 17.2. The van der Waals surface area contributed by atoms with Crippen LogP contribution < -0.4 is 9.47 Å². The van der Waals surface area contributed by atoms with Crippen LogP contribution in [0.1, 0.15) is 84.1 Å². The molecule has 244 valence electrons. The third-order valence-corrected chi connectivity index (χ3v) is 10.0. The van der Waals surface area contributed by atoms with E-state index in [2.05, 4.69) is 32.2 Å². The van der Waals surface area contributed by atoms with Crippen LogP contribution in [0.5, 0.6) is 11.5 Å². The Balaban J connectivity index is 1.97. The van der Waals surface area contributed by atoms with Crippen LogP contribution in [0.3, 0.4) is 0 Å². The van der Waals surface area contributed by atoms with Crippen LogP contribution in [0.2, 0.25) is 0 Å². The lowest BCUT2D eigenvalue weighted by atomic mass is 9.56. The van der Waals surface area contributed by atoms with Crippen LogP contribution in [-0.4, -0.2) is 64.7 Å². The molecule has 3 aliphatic rings. The Morgan fingerprint density at radius 1 is 1.07 bits per heavy atom. The van der Waals surface area contributed by atoms with Crippen LogP contribution in [0.4, 0.5) is 0 Å². The number of ether oxygens (including phenoxy) is 3. The van der Waals surface area contributed by atoms with Gasteiger partial charge in [-0.1, -0.05) is 49.7 Å². The Bertz CT molecular complexity index is 1180. The number of aliphatic hydroxyl groups is 2. The molecule has 2 aliphatic carbocycles. The number of unbranched alkanes of at least 4 members (excludes halogenated alkanes) is 2.